The molecule has 0 saturated heterocycles. The number of likely N-dealkylation sites (N-methyl/N-ethyl adjacent to an activating group) is 1. The molecule has 5 nitrogen and oxygen atoms in total. The average molecular weight is 275 g/mol. The van der Waals surface area contributed by atoms with Crippen LogP contribution in [0.25, 0.3) is 0 Å². The second kappa shape index (κ2) is 6.41. The molecular weight excluding hydrogens is 254 g/mol. The fourth-order valence-corrected chi connectivity index (χ4v) is 2.25. The third kappa shape index (κ3) is 3.10. The van der Waals surface area contributed by atoms with Crippen molar-refractivity contribution < 1.29 is 9.21 Å². The number of nitrogens with zero attached hydrogens (tertiary/aromatic N) is 3. The molecule has 5 heteroatoms. The summed E-state index contributed by atoms with van der Waals surface area (Å²) >= 11 is 0. The van der Waals surface area contributed by atoms with Gasteiger partial charge >= 0.3 is 0 Å². The predicted molar refractivity (Wildman–Crippen MR) is 76.1 cm³/mol. The van der Waals surface area contributed by atoms with E-state index in [1.807, 2.05) is 45.2 Å². The number of carbonyl (C=O) groups excluding carboxylic acids is 1. The van der Waals surface area contributed by atoms with E-state index in [0.717, 1.165) is 11.5 Å². The molecule has 0 saturated carbocycles. The minimum Gasteiger partial charge on any atom is -0.464 e. The molecule has 0 aliphatic heterocycles. The van der Waals surface area contributed by atoms with Crippen molar-refractivity contribution >= 4 is 5.91 Å². The highest BCUT2D eigenvalue weighted by molar-refractivity contribution is 5.80. The molecule has 1 amide bonds. The summed E-state index contributed by atoms with van der Waals surface area (Å²) in [7, 11) is 0. The molecule has 1 atom stereocenters. The van der Waals surface area contributed by atoms with Gasteiger partial charge in [-0.2, -0.15) is 5.10 Å². The Morgan fingerprint density at radius 3 is 2.75 bits per heavy atom. The first kappa shape index (κ1) is 14.4. The Morgan fingerprint density at radius 1 is 1.45 bits per heavy atom. The Kier molecular flexibility index (Phi) is 4.61. The Balaban J connectivity index is 2.11. The highest BCUT2D eigenvalue weighted by Crippen LogP contribution is 2.17. The van der Waals surface area contributed by atoms with Gasteiger partial charge < -0.3 is 9.32 Å². The lowest BCUT2D eigenvalue weighted by Gasteiger charge is -2.25. The molecule has 2 heterocycles. The monoisotopic (exact) mass is 275 g/mol. The van der Waals surface area contributed by atoms with E-state index in [1.54, 1.807) is 15.8 Å². The van der Waals surface area contributed by atoms with Gasteiger partial charge in [-0.15, -0.1) is 0 Å². The summed E-state index contributed by atoms with van der Waals surface area (Å²) in [6.07, 6.45) is 4.24. The van der Waals surface area contributed by atoms with Gasteiger partial charge in [0.15, 0.2) is 0 Å². The summed E-state index contributed by atoms with van der Waals surface area (Å²) in [5.41, 5.74) is 0. The summed E-state index contributed by atoms with van der Waals surface area (Å²) in [4.78, 5) is 14.4. The van der Waals surface area contributed by atoms with Gasteiger partial charge in [-0.25, -0.2) is 0 Å². The van der Waals surface area contributed by atoms with Crippen molar-refractivity contribution in [3.05, 3.63) is 42.1 Å². The molecule has 0 aliphatic carbocycles. The van der Waals surface area contributed by atoms with E-state index >= 15 is 0 Å². The van der Waals surface area contributed by atoms with Crippen molar-refractivity contribution in [1.82, 2.24) is 14.7 Å². The number of carbonyl (C=O) groups is 1. The number of rotatable bonds is 6. The first-order valence-corrected chi connectivity index (χ1v) is 6.99. The third-order valence-electron chi connectivity index (χ3n) is 3.35. The van der Waals surface area contributed by atoms with Crippen LogP contribution in [0.2, 0.25) is 0 Å². The quantitative estimate of drug-likeness (QED) is 0.814. The van der Waals surface area contributed by atoms with Crippen molar-refractivity contribution in [1.29, 1.82) is 0 Å². The van der Waals surface area contributed by atoms with Gasteiger partial charge in [-0.05, 0) is 38.5 Å². The number of amides is 1. The Bertz CT molecular complexity index is 545. The summed E-state index contributed by atoms with van der Waals surface area (Å²) in [5.74, 6) is 1.75. The standard InChI is InChI=1S/C15H21N3O2/c1-4-14(18-10-6-9-16-18)15(19)17(5-2)11-13-8-7-12(3)20-13/h6-10,14H,4-5,11H2,1-3H3/t14-/m1/s1. The Morgan fingerprint density at radius 2 is 2.25 bits per heavy atom. The third-order valence-corrected chi connectivity index (χ3v) is 3.35. The lowest BCUT2D eigenvalue weighted by atomic mass is 10.2. The van der Waals surface area contributed by atoms with Crippen LogP contribution in [0.1, 0.15) is 37.8 Å². The minimum atomic E-state index is -0.249. The summed E-state index contributed by atoms with van der Waals surface area (Å²) in [6, 6.07) is 5.42. The molecule has 0 spiro atoms. The molecule has 0 bridgehead atoms. The van der Waals surface area contributed by atoms with E-state index in [4.69, 9.17) is 4.42 Å². The zero-order chi connectivity index (χ0) is 14.5. The van der Waals surface area contributed by atoms with Crippen LogP contribution < -0.4 is 0 Å². The van der Waals surface area contributed by atoms with Gasteiger partial charge in [0, 0.05) is 18.9 Å². The summed E-state index contributed by atoms with van der Waals surface area (Å²) in [6.45, 7) is 7.02. The zero-order valence-corrected chi connectivity index (χ0v) is 12.2. The topological polar surface area (TPSA) is 51.3 Å². The molecule has 2 rings (SSSR count). The maximum Gasteiger partial charge on any atom is 0.247 e. The van der Waals surface area contributed by atoms with E-state index in [9.17, 15) is 4.79 Å². The van der Waals surface area contributed by atoms with E-state index in [2.05, 4.69) is 5.10 Å². The van der Waals surface area contributed by atoms with Crippen LogP contribution >= 0.6 is 0 Å². The van der Waals surface area contributed by atoms with E-state index in [-0.39, 0.29) is 11.9 Å². The number of aromatic nitrogens is 2. The molecular formula is C15H21N3O2. The fraction of sp³-hybridized carbons (Fsp3) is 0.467. The van der Waals surface area contributed by atoms with Crippen molar-refractivity contribution in [2.24, 2.45) is 0 Å². The molecule has 0 aromatic carbocycles. The molecule has 0 radical (unpaired) electrons. The predicted octanol–water partition coefficient (Wildman–Crippen LogP) is 2.78. The summed E-state index contributed by atoms with van der Waals surface area (Å²) in [5, 5.41) is 4.18. The molecule has 0 N–H and O–H groups in total. The number of aryl methyl sites for hydroxylation is 1. The highest BCUT2D eigenvalue weighted by Gasteiger charge is 2.24. The molecule has 0 aliphatic rings. The van der Waals surface area contributed by atoms with Gasteiger partial charge in [0.1, 0.15) is 17.6 Å². The zero-order valence-electron chi connectivity index (χ0n) is 12.2. The average Bonchev–Trinajstić information content (AvgIpc) is 3.08. The van der Waals surface area contributed by atoms with Crippen LogP contribution in [0.15, 0.2) is 35.0 Å². The largest absolute Gasteiger partial charge is 0.464 e. The lowest BCUT2D eigenvalue weighted by molar-refractivity contribution is -0.135. The smallest absolute Gasteiger partial charge is 0.247 e. The molecule has 0 unspecified atom stereocenters. The highest BCUT2D eigenvalue weighted by atomic mass is 16.3. The van der Waals surface area contributed by atoms with Crippen molar-refractivity contribution in [3.8, 4) is 0 Å². The van der Waals surface area contributed by atoms with Gasteiger partial charge in [0.05, 0.1) is 6.54 Å². The van der Waals surface area contributed by atoms with Crippen LogP contribution in [-0.2, 0) is 11.3 Å². The molecule has 0 fully saturated rings. The number of furan rings is 1. The van der Waals surface area contributed by atoms with Gasteiger partial charge in [-0.1, -0.05) is 6.92 Å². The lowest BCUT2D eigenvalue weighted by Crippen LogP contribution is -2.36. The van der Waals surface area contributed by atoms with Crippen LogP contribution in [0.4, 0.5) is 0 Å². The maximum atomic E-state index is 12.6. The van der Waals surface area contributed by atoms with Crippen LogP contribution in [0, 0.1) is 6.92 Å². The fourth-order valence-electron chi connectivity index (χ4n) is 2.25. The van der Waals surface area contributed by atoms with Gasteiger partial charge in [-0.3, -0.25) is 9.48 Å². The van der Waals surface area contributed by atoms with E-state index < -0.39 is 0 Å². The van der Waals surface area contributed by atoms with Crippen molar-refractivity contribution in [2.75, 3.05) is 6.54 Å². The molecule has 2 aromatic rings. The van der Waals surface area contributed by atoms with E-state index in [0.29, 0.717) is 19.5 Å². The van der Waals surface area contributed by atoms with Crippen LogP contribution in [0.3, 0.4) is 0 Å². The Hall–Kier alpha value is -2.04. The SMILES string of the molecule is CC[C@H](C(=O)N(CC)Cc1ccc(C)o1)n1cccn1. The Labute approximate surface area is 119 Å². The van der Waals surface area contributed by atoms with Crippen molar-refractivity contribution in [2.45, 2.75) is 39.8 Å². The van der Waals surface area contributed by atoms with Gasteiger partial charge in [0.2, 0.25) is 5.91 Å². The van der Waals surface area contributed by atoms with Gasteiger partial charge in [0.25, 0.3) is 0 Å². The molecule has 2 aromatic heterocycles. The normalized spacial score (nSPS) is 12.3. The number of hydrogen-bond donors (Lipinski definition) is 0. The second-order valence-electron chi connectivity index (χ2n) is 4.77. The first-order valence-electron chi connectivity index (χ1n) is 6.99. The minimum absolute atomic E-state index is 0.0766. The first-order chi connectivity index (χ1) is 9.65. The van der Waals surface area contributed by atoms with Crippen LogP contribution in [-0.4, -0.2) is 27.1 Å². The number of hydrogen-bond acceptors (Lipinski definition) is 3. The summed E-state index contributed by atoms with van der Waals surface area (Å²) < 4.78 is 7.27. The molecule has 108 valence electrons. The molecule has 20 heavy (non-hydrogen) atoms. The van der Waals surface area contributed by atoms with Crippen molar-refractivity contribution in [3.63, 3.8) is 0 Å². The van der Waals surface area contributed by atoms with E-state index in [1.165, 1.54) is 0 Å². The maximum absolute atomic E-state index is 12.6. The second-order valence-corrected chi connectivity index (χ2v) is 4.77. The van der Waals surface area contributed by atoms with Crippen LogP contribution in [0.5, 0.6) is 0 Å².